The molecule has 0 aromatic heterocycles. The van der Waals surface area contributed by atoms with E-state index in [0.717, 1.165) is 26.2 Å². The highest BCUT2D eigenvalue weighted by atomic mass is 16.5. The van der Waals surface area contributed by atoms with E-state index in [1.54, 1.807) is 0 Å². The van der Waals surface area contributed by atoms with Gasteiger partial charge in [-0.15, -0.1) is 0 Å². The fourth-order valence-corrected chi connectivity index (χ4v) is 1.90. The number of nitrogens with one attached hydrogen (secondary N) is 1. The normalized spacial score (nSPS) is 24.9. The predicted molar refractivity (Wildman–Crippen MR) is 53.9 cm³/mol. The van der Waals surface area contributed by atoms with Gasteiger partial charge in [0.25, 0.3) is 0 Å². The van der Waals surface area contributed by atoms with Crippen molar-refractivity contribution in [2.24, 2.45) is 11.3 Å². The Morgan fingerprint density at radius 3 is 2.64 bits per heavy atom. The van der Waals surface area contributed by atoms with Crippen LogP contribution < -0.4 is 5.32 Å². The monoisotopic (exact) mass is 197 g/mol. The molecule has 0 aromatic carbocycles. The van der Waals surface area contributed by atoms with Gasteiger partial charge in [-0.05, 0) is 18.8 Å². The Morgan fingerprint density at radius 2 is 2.21 bits per heavy atom. The van der Waals surface area contributed by atoms with Crippen LogP contribution in [0, 0.1) is 11.3 Å². The zero-order valence-corrected chi connectivity index (χ0v) is 8.84. The number of carbonyl (C=O) groups is 1. The van der Waals surface area contributed by atoms with Crippen molar-refractivity contribution in [3.05, 3.63) is 0 Å². The molecule has 1 N–H and O–H groups in total. The van der Waals surface area contributed by atoms with Crippen LogP contribution in [-0.4, -0.2) is 25.7 Å². The highest BCUT2D eigenvalue weighted by Gasteiger charge is 2.33. The fraction of sp³-hybridized carbons (Fsp3) is 0.909. The van der Waals surface area contributed by atoms with Crippen LogP contribution in [0.15, 0.2) is 0 Å². The molecule has 3 nitrogen and oxygen atoms in total. The summed E-state index contributed by atoms with van der Waals surface area (Å²) in [5, 5.41) is 3.01. The lowest BCUT2D eigenvalue weighted by atomic mass is 9.82. The molecule has 3 heteroatoms. The van der Waals surface area contributed by atoms with Crippen LogP contribution in [0.1, 0.15) is 32.6 Å². The van der Waals surface area contributed by atoms with Crippen molar-refractivity contribution in [2.75, 3.05) is 19.8 Å². The van der Waals surface area contributed by atoms with Crippen LogP contribution in [0.5, 0.6) is 0 Å². The molecule has 0 bridgehead atoms. The van der Waals surface area contributed by atoms with Gasteiger partial charge in [-0.25, -0.2) is 0 Å². The maximum atomic E-state index is 11.5. The standard InChI is InChI=1S/C11H19NO2/c1-11(7-14-8-11)6-12-10(13)5-9-3-2-4-9/h9H,2-8H2,1H3,(H,12,13). The first-order chi connectivity index (χ1) is 6.68. The summed E-state index contributed by atoms with van der Waals surface area (Å²) >= 11 is 0. The van der Waals surface area contributed by atoms with Gasteiger partial charge in [-0.2, -0.15) is 0 Å². The van der Waals surface area contributed by atoms with Crippen molar-refractivity contribution in [3.8, 4) is 0 Å². The average molecular weight is 197 g/mol. The minimum absolute atomic E-state index is 0.204. The molecule has 0 radical (unpaired) electrons. The second-order valence-electron chi connectivity index (χ2n) is 5.08. The molecule has 2 aliphatic rings. The zero-order valence-electron chi connectivity index (χ0n) is 8.84. The first-order valence-electron chi connectivity index (χ1n) is 5.52. The summed E-state index contributed by atoms with van der Waals surface area (Å²) in [4.78, 5) is 11.5. The molecule has 1 saturated heterocycles. The second-order valence-corrected chi connectivity index (χ2v) is 5.08. The molecule has 2 rings (SSSR count). The molecule has 0 spiro atoms. The van der Waals surface area contributed by atoms with E-state index in [-0.39, 0.29) is 11.3 Å². The Labute approximate surface area is 85.2 Å². The lowest BCUT2D eigenvalue weighted by Gasteiger charge is -2.38. The summed E-state index contributed by atoms with van der Waals surface area (Å²) in [5.41, 5.74) is 0.204. The maximum Gasteiger partial charge on any atom is 0.220 e. The van der Waals surface area contributed by atoms with E-state index in [4.69, 9.17) is 4.74 Å². The van der Waals surface area contributed by atoms with Crippen LogP contribution in [0.4, 0.5) is 0 Å². The summed E-state index contributed by atoms with van der Waals surface area (Å²) in [6.07, 6.45) is 4.53. The molecule has 1 saturated carbocycles. The van der Waals surface area contributed by atoms with Gasteiger partial charge in [0.2, 0.25) is 5.91 Å². The number of ether oxygens (including phenoxy) is 1. The molecule has 0 atom stereocenters. The van der Waals surface area contributed by atoms with Crippen LogP contribution in [0.25, 0.3) is 0 Å². The number of amides is 1. The van der Waals surface area contributed by atoms with Crippen molar-refractivity contribution in [1.82, 2.24) is 5.32 Å². The minimum Gasteiger partial charge on any atom is -0.380 e. The summed E-state index contributed by atoms with van der Waals surface area (Å²) in [7, 11) is 0. The molecule has 1 aliphatic carbocycles. The molecular formula is C11H19NO2. The Morgan fingerprint density at radius 1 is 1.50 bits per heavy atom. The molecule has 80 valence electrons. The Kier molecular flexibility index (Phi) is 2.77. The van der Waals surface area contributed by atoms with Gasteiger partial charge < -0.3 is 10.1 Å². The van der Waals surface area contributed by atoms with E-state index >= 15 is 0 Å². The minimum atomic E-state index is 0.204. The maximum absolute atomic E-state index is 11.5. The van der Waals surface area contributed by atoms with Gasteiger partial charge in [0.1, 0.15) is 0 Å². The number of carbonyl (C=O) groups excluding carboxylic acids is 1. The molecule has 1 heterocycles. The summed E-state index contributed by atoms with van der Waals surface area (Å²) in [5.74, 6) is 0.892. The molecule has 2 fully saturated rings. The van der Waals surface area contributed by atoms with Crippen LogP contribution in [0.2, 0.25) is 0 Å². The van der Waals surface area contributed by atoms with Gasteiger partial charge in [0.15, 0.2) is 0 Å². The lowest BCUT2D eigenvalue weighted by Crippen LogP contribution is -2.48. The van der Waals surface area contributed by atoms with Gasteiger partial charge in [0, 0.05) is 18.4 Å². The first-order valence-corrected chi connectivity index (χ1v) is 5.52. The number of hydrogen-bond donors (Lipinski definition) is 1. The Bertz CT molecular complexity index is 219. The number of rotatable bonds is 4. The molecule has 0 unspecified atom stereocenters. The highest BCUT2D eigenvalue weighted by molar-refractivity contribution is 5.76. The predicted octanol–water partition coefficient (Wildman–Crippen LogP) is 1.33. The van der Waals surface area contributed by atoms with E-state index in [1.807, 2.05) is 0 Å². The van der Waals surface area contributed by atoms with Crippen molar-refractivity contribution < 1.29 is 9.53 Å². The molecule has 14 heavy (non-hydrogen) atoms. The van der Waals surface area contributed by atoms with Crippen molar-refractivity contribution >= 4 is 5.91 Å². The molecule has 0 aromatic rings. The van der Waals surface area contributed by atoms with Crippen molar-refractivity contribution in [2.45, 2.75) is 32.6 Å². The topological polar surface area (TPSA) is 38.3 Å². The van der Waals surface area contributed by atoms with E-state index < -0.39 is 0 Å². The SMILES string of the molecule is CC1(CNC(=O)CC2CCC2)COC1. The second kappa shape index (κ2) is 3.89. The van der Waals surface area contributed by atoms with E-state index in [0.29, 0.717) is 5.92 Å². The quantitative estimate of drug-likeness (QED) is 0.738. The first kappa shape index (κ1) is 9.97. The van der Waals surface area contributed by atoms with Crippen LogP contribution in [0.3, 0.4) is 0 Å². The van der Waals surface area contributed by atoms with Gasteiger partial charge in [-0.3, -0.25) is 4.79 Å². The van der Waals surface area contributed by atoms with Crippen molar-refractivity contribution in [3.63, 3.8) is 0 Å². The summed E-state index contributed by atoms with van der Waals surface area (Å²) < 4.78 is 5.13. The van der Waals surface area contributed by atoms with E-state index in [1.165, 1.54) is 19.3 Å². The number of hydrogen-bond acceptors (Lipinski definition) is 2. The van der Waals surface area contributed by atoms with E-state index in [2.05, 4.69) is 12.2 Å². The fourth-order valence-electron chi connectivity index (χ4n) is 1.90. The third kappa shape index (κ3) is 2.27. The third-order valence-electron chi connectivity index (χ3n) is 3.31. The third-order valence-corrected chi connectivity index (χ3v) is 3.31. The van der Waals surface area contributed by atoms with E-state index in [9.17, 15) is 4.79 Å². The average Bonchev–Trinajstić information content (AvgIpc) is 2.05. The Balaban J connectivity index is 1.61. The molecule has 1 amide bonds. The van der Waals surface area contributed by atoms with Crippen LogP contribution in [-0.2, 0) is 9.53 Å². The lowest BCUT2D eigenvalue weighted by molar-refractivity contribution is -0.128. The summed E-state index contributed by atoms with van der Waals surface area (Å²) in [6.45, 7) is 4.51. The molecule has 1 aliphatic heterocycles. The summed E-state index contributed by atoms with van der Waals surface area (Å²) in [6, 6.07) is 0. The zero-order chi connectivity index (χ0) is 10.0. The van der Waals surface area contributed by atoms with Gasteiger partial charge in [-0.1, -0.05) is 13.3 Å². The van der Waals surface area contributed by atoms with Crippen molar-refractivity contribution in [1.29, 1.82) is 0 Å². The smallest absolute Gasteiger partial charge is 0.220 e. The Hall–Kier alpha value is -0.570. The van der Waals surface area contributed by atoms with Gasteiger partial charge in [0.05, 0.1) is 13.2 Å². The highest BCUT2D eigenvalue weighted by Crippen LogP contribution is 2.29. The van der Waals surface area contributed by atoms with Gasteiger partial charge >= 0.3 is 0 Å². The largest absolute Gasteiger partial charge is 0.380 e. The molecular weight excluding hydrogens is 178 g/mol. The van der Waals surface area contributed by atoms with Crippen LogP contribution >= 0.6 is 0 Å².